The second kappa shape index (κ2) is 4.75. The predicted molar refractivity (Wildman–Crippen MR) is 71.0 cm³/mol. The van der Waals surface area contributed by atoms with Crippen LogP contribution in [0.3, 0.4) is 0 Å². The summed E-state index contributed by atoms with van der Waals surface area (Å²) in [6.45, 7) is 4.64. The molecule has 3 rings (SSSR count). The predicted octanol–water partition coefficient (Wildman–Crippen LogP) is 2.93. The van der Waals surface area contributed by atoms with Crippen molar-refractivity contribution in [2.75, 3.05) is 13.1 Å². The molecule has 1 aliphatic heterocycles. The molecule has 1 saturated carbocycles. The van der Waals surface area contributed by atoms with Gasteiger partial charge in [-0.15, -0.1) is 0 Å². The van der Waals surface area contributed by atoms with Crippen molar-refractivity contribution in [1.29, 1.82) is 0 Å². The lowest BCUT2D eigenvalue weighted by atomic mass is 10.2. The summed E-state index contributed by atoms with van der Waals surface area (Å²) in [6.07, 6.45) is 4.09. The summed E-state index contributed by atoms with van der Waals surface area (Å²) in [4.78, 5) is 2.63. The van der Waals surface area contributed by atoms with E-state index >= 15 is 0 Å². The van der Waals surface area contributed by atoms with E-state index in [0.717, 1.165) is 16.5 Å². The minimum absolute atomic E-state index is 0.297. The average Bonchev–Trinajstić information content (AvgIpc) is 2.90. The third-order valence-corrected chi connectivity index (χ3v) is 4.22. The Bertz CT molecular complexity index is 389. The van der Waals surface area contributed by atoms with Crippen LogP contribution in [-0.2, 0) is 0 Å². The maximum absolute atomic E-state index is 5.58. The average molecular weight is 299 g/mol. The number of halogens is 1. The zero-order valence-corrected chi connectivity index (χ0v) is 11.7. The molecule has 2 heterocycles. The van der Waals surface area contributed by atoms with Crippen LogP contribution in [0.15, 0.2) is 21.2 Å². The first-order valence-corrected chi connectivity index (χ1v) is 7.27. The molecule has 0 amide bonds. The van der Waals surface area contributed by atoms with E-state index in [9.17, 15) is 0 Å². The summed E-state index contributed by atoms with van der Waals surface area (Å²) < 4.78 is 6.39. The molecule has 1 saturated heterocycles. The molecule has 2 unspecified atom stereocenters. The molecule has 3 nitrogen and oxygen atoms in total. The highest BCUT2D eigenvalue weighted by molar-refractivity contribution is 9.10. The quantitative estimate of drug-likeness (QED) is 0.926. The van der Waals surface area contributed by atoms with E-state index in [4.69, 9.17) is 4.42 Å². The Kier molecular flexibility index (Phi) is 3.28. The number of likely N-dealkylation sites (tertiary alicyclic amines) is 1. The topological polar surface area (TPSA) is 28.4 Å². The van der Waals surface area contributed by atoms with Crippen LogP contribution in [0, 0.1) is 0 Å². The van der Waals surface area contributed by atoms with Gasteiger partial charge in [0.2, 0.25) is 0 Å². The standard InChI is InChI=1S/C13H19BrN2O/c1-9(12-4-5-13(14)17-12)15-10-6-7-16(8-10)11-2-3-11/h4-5,9-11,15H,2-3,6-8H2,1H3. The summed E-state index contributed by atoms with van der Waals surface area (Å²) in [5, 5.41) is 3.66. The summed E-state index contributed by atoms with van der Waals surface area (Å²) >= 11 is 3.35. The van der Waals surface area contributed by atoms with Crippen molar-refractivity contribution in [2.45, 2.75) is 44.3 Å². The molecule has 17 heavy (non-hydrogen) atoms. The zero-order valence-electron chi connectivity index (χ0n) is 10.2. The zero-order chi connectivity index (χ0) is 11.8. The molecular weight excluding hydrogens is 280 g/mol. The number of furan rings is 1. The van der Waals surface area contributed by atoms with Gasteiger partial charge in [0.1, 0.15) is 5.76 Å². The van der Waals surface area contributed by atoms with Crippen molar-refractivity contribution in [3.05, 3.63) is 22.6 Å². The molecule has 1 aromatic heterocycles. The lowest BCUT2D eigenvalue weighted by Gasteiger charge is -2.19. The largest absolute Gasteiger partial charge is 0.453 e. The van der Waals surface area contributed by atoms with Crippen molar-refractivity contribution in [2.24, 2.45) is 0 Å². The Morgan fingerprint density at radius 1 is 1.41 bits per heavy atom. The Morgan fingerprint density at radius 3 is 2.88 bits per heavy atom. The minimum atomic E-state index is 0.297. The van der Waals surface area contributed by atoms with E-state index in [-0.39, 0.29) is 0 Å². The van der Waals surface area contributed by atoms with Crippen LogP contribution >= 0.6 is 15.9 Å². The molecule has 94 valence electrons. The van der Waals surface area contributed by atoms with Crippen molar-refractivity contribution >= 4 is 15.9 Å². The van der Waals surface area contributed by atoms with Crippen LogP contribution < -0.4 is 5.32 Å². The van der Waals surface area contributed by atoms with Gasteiger partial charge in [0.25, 0.3) is 0 Å². The fraction of sp³-hybridized carbons (Fsp3) is 0.692. The van der Waals surface area contributed by atoms with Gasteiger partial charge in [-0.05, 0) is 54.2 Å². The van der Waals surface area contributed by atoms with E-state index < -0.39 is 0 Å². The third-order valence-electron chi connectivity index (χ3n) is 3.79. The summed E-state index contributed by atoms with van der Waals surface area (Å²) in [5.41, 5.74) is 0. The van der Waals surface area contributed by atoms with Crippen LogP contribution in [0.4, 0.5) is 0 Å². The van der Waals surface area contributed by atoms with E-state index in [1.807, 2.05) is 12.1 Å². The Balaban J connectivity index is 1.53. The highest BCUT2D eigenvalue weighted by Crippen LogP contribution is 2.30. The summed E-state index contributed by atoms with van der Waals surface area (Å²) in [7, 11) is 0. The van der Waals surface area contributed by atoms with Crippen molar-refractivity contribution in [3.63, 3.8) is 0 Å². The van der Waals surface area contributed by atoms with E-state index in [1.165, 1.54) is 32.4 Å². The monoisotopic (exact) mass is 298 g/mol. The van der Waals surface area contributed by atoms with E-state index in [2.05, 4.69) is 33.1 Å². The van der Waals surface area contributed by atoms with Gasteiger partial charge < -0.3 is 9.73 Å². The molecule has 2 fully saturated rings. The third kappa shape index (κ3) is 2.75. The fourth-order valence-electron chi connectivity index (χ4n) is 2.69. The first kappa shape index (κ1) is 11.8. The molecule has 0 aromatic carbocycles. The van der Waals surface area contributed by atoms with Gasteiger partial charge in [0.15, 0.2) is 4.67 Å². The van der Waals surface area contributed by atoms with Crippen LogP contribution in [-0.4, -0.2) is 30.1 Å². The maximum Gasteiger partial charge on any atom is 0.169 e. The van der Waals surface area contributed by atoms with Gasteiger partial charge in [-0.25, -0.2) is 0 Å². The van der Waals surface area contributed by atoms with Crippen LogP contribution in [0.5, 0.6) is 0 Å². The minimum Gasteiger partial charge on any atom is -0.453 e. The summed E-state index contributed by atoms with van der Waals surface area (Å²) in [5.74, 6) is 1.02. The van der Waals surface area contributed by atoms with Gasteiger partial charge in [-0.3, -0.25) is 4.90 Å². The van der Waals surface area contributed by atoms with Gasteiger partial charge in [-0.1, -0.05) is 0 Å². The van der Waals surface area contributed by atoms with Crippen LogP contribution in [0.2, 0.25) is 0 Å². The maximum atomic E-state index is 5.58. The normalized spacial score (nSPS) is 27.5. The number of nitrogens with one attached hydrogen (secondary N) is 1. The molecule has 2 atom stereocenters. The molecule has 1 aliphatic carbocycles. The van der Waals surface area contributed by atoms with Crippen molar-refractivity contribution in [1.82, 2.24) is 10.2 Å². The number of hydrogen-bond donors (Lipinski definition) is 1. The highest BCUT2D eigenvalue weighted by atomic mass is 79.9. The lowest BCUT2D eigenvalue weighted by Crippen LogP contribution is -2.34. The first-order valence-electron chi connectivity index (χ1n) is 6.47. The van der Waals surface area contributed by atoms with Crippen molar-refractivity contribution in [3.8, 4) is 0 Å². The van der Waals surface area contributed by atoms with E-state index in [0.29, 0.717) is 12.1 Å². The molecule has 1 N–H and O–H groups in total. The second-order valence-corrected chi connectivity index (χ2v) is 6.02. The Morgan fingerprint density at radius 2 is 2.24 bits per heavy atom. The Hall–Kier alpha value is -0.320. The van der Waals surface area contributed by atoms with Gasteiger partial charge in [-0.2, -0.15) is 0 Å². The highest BCUT2D eigenvalue weighted by Gasteiger charge is 2.34. The van der Waals surface area contributed by atoms with Gasteiger partial charge in [0.05, 0.1) is 6.04 Å². The fourth-order valence-corrected chi connectivity index (χ4v) is 3.01. The molecule has 1 aromatic rings. The van der Waals surface area contributed by atoms with Crippen molar-refractivity contribution < 1.29 is 4.42 Å². The molecular formula is C13H19BrN2O. The molecule has 0 spiro atoms. The number of hydrogen-bond acceptors (Lipinski definition) is 3. The van der Waals surface area contributed by atoms with Gasteiger partial charge in [0, 0.05) is 25.2 Å². The molecule has 2 aliphatic rings. The second-order valence-electron chi connectivity index (χ2n) is 5.24. The van der Waals surface area contributed by atoms with E-state index in [1.54, 1.807) is 0 Å². The molecule has 0 radical (unpaired) electrons. The first-order chi connectivity index (χ1) is 8.22. The molecule has 0 bridgehead atoms. The van der Waals surface area contributed by atoms with Gasteiger partial charge >= 0.3 is 0 Å². The lowest BCUT2D eigenvalue weighted by molar-refractivity contribution is 0.308. The molecule has 4 heteroatoms. The van der Waals surface area contributed by atoms with Crippen LogP contribution in [0.25, 0.3) is 0 Å². The van der Waals surface area contributed by atoms with Crippen LogP contribution in [0.1, 0.15) is 38.0 Å². The SMILES string of the molecule is CC(NC1CCN(C2CC2)C1)c1ccc(Br)o1. The smallest absolute Gasteiger partial charge is 0.169 e. The Labute approximate surface area is 111 Å². The number of nitrogens with zero attached hydrogens (tertiary/aromatic N) is 1. The number of rotatable bonds is 4. The summed E-state index contributed by atoms with van der Waals surface area (Å²) in [6, 6.07) is 5.81.